The standard InChI is InChI=1S/C9H10ClN3O2/c10-8-3-7(13(14)15)4-9(12-8)11-5-6-1-2-6/h3-4,6H,1-2,5H2,(H,11,12). The van der Waals surface area contributed by atoms with Gasteiger partial charge >= 0.3 is 0 Å². The predicted molar refractivity (Wildman–Crippen MR) is 57.1 cm³/mol. The van der Waals surface area contributed by atoms with Crippen LogP contribution in [0.15, 0.2) is 12.1 Å². The molecule has 0 spiro atoms. The second-order valence-electron chi connectivity index (χ2n) is 3.61. The van der Waals surface area contributed by atoms with Gasteiger partial charge in [-0.3, -0.25) is 10.1 Å². The molecule has 1 aliphatic rings. The van der Waals surface area contributed by atoms with Crippen molar-refractivity contribution in [2.75, 3.05) is 11.9 Å². The first-order chi connectivity index (χ1) is 7.15. The average molecular weight is 228 g/mol. The summed E-state index contributed by atoms with van der Waals surface area (Å²) in [5, 5.41) is 13.7. The summed E-state index contributed by atoms with van der Waals surface area (Å²) in [5.74, 6) is 1.16. The Morgan fingerprint density at radius 3 is 2.93 bits per heavy atom. The van der Waals surface area contributed by atoms with Crippen molar-refractivity contribution in [3.8, 4) is 0 Å². The highest BCUT2D eigenvalue weighted by atomic mass is 35.5. The number of hydrogen-bond donors (Lipinski definition) is 1. The van der Waals surface area contributed by atoms with Gasteiger partial charge in [0.2, 0.25) is 0 Å². The van der Waals surface area contributed by atoms with Crippen LogP contribution in [0, 0.1) is 16.0 Å². The molecule has 1 N–H and O–H groups in total. The molecule has 5 nitrogen and oxygen atoms in total. The summed E-state index contributed by atoms with van der Waals surface area (Å²) in [6.07, 6.45) is 2.44. The molecule has 1 fully saturated rings. The van der Waals surface area contributed by atoms with Gasteiger partial charge in [0.1, 0.15) is 11.0 Å². The molecule has 0 aliphatic heterocycles. The van der Waals surface area contributed by atoms with Crippen LogP contribution in [0.1, 0.15) is 12.8 Å². The maximum Gasteiger partial charge on any atom is 0.276 e. The monoisotopic (exact) mass is 227 g/mol. The predicted octanol–water partition coefficient (Wildman–Crippen LogP) is 2.47. The molecule has 1 aromatic heterocycles. The molecular weight excluding hydrogens is 218 g/mol. The second-order valence-corrected chi connectivity index (χ2v) is 4.00. The maximum absolute atomic E-state index is 10.5. The fraction of sp³-hybridized carbons (Fsp3) is 0.444. The highest BCUT2D eigenvalue weighted by Gasteiger charge is 2.21. The number of nitro groups is 1. The normalized spacial score (nSPS) is 15.0. The lowest BCUT2D eigenvalue weighted by molar-refractivity contribution is -0.384. The smallest absolute Gasteiger partial charge is 0.276 e. The van der Waals surface area contributed by atoms with Gasteiger partial charge in [-0.25, -0.2) is 4.98 Å². The first kappa shape index (κ1) is 10.2. The number of aromatic nitrogens is 1. The first-order valence-corrected chi connectivity index (χ1v) is 5.09. The third kappa shape index (κ3) is 2.79. The minimum Gasteiger partial charge on any atom is -0.370 e. The Balaban J connectivity index is 2.10. The highest BCUT2D eigenvalue weighted by molar-refractivity contribution is 6.29. The van der Waals surface area contributed by atoms with E-state index in [1.807, 2.05) is 0 Å². The fourth-order valence-electron chi connectivity index (χ4n) is 1.25. The van der Waals surface area contributed by atoms with E-state index in [1.54, 1.807) is 0 Å². The van der Waals surface area contributed by atoms with Crippen molar-refractivity contribution in [2.24, 2.45) is 5.92 Å². The van der Waals surface area contributed by atoms with Crippen LogP contribution in [-0.2, 0) is 0 Å². The van der Waals surface area contributed by atoms with E-state index in [1.165, 1.54) is 25.0 Å². The van der Waals surface area contributed by atoms with E-state index in [9.17, 15) is 10.1 Å². The van der Waals surface area contributed by atoms with Crippen LogP contribution in [0.25, 0.3) is 0 Å². The van der Waals surface area contributed by atoms with Crippen LogP contribution < -0.4 is 5.32 Å². The van der Waals surface area contributed by atoms with Gasteiger partial charge in [0.25, 0.3) is 5.69 Å². The topological polar surface area (TPSA) is 68.1 Å². The molecule has 0 bridgehead atoms. The Morgan fingerprint density at radius 2 is 2.33 bits per heavy atom. The van der Waals surface area contributed by atoms with E-state index in [-0.39, 0.29) is 10.8 Å². The molecule has 1 saturated carbocycles. The van der Waals surface area contributed by atoms with Gasteiger partial charge in [-0.2, -0.15) is 0 Å². The summed E-state index contributed by atoms with van der Waals surface area (Å²) < 4.78 is 0. The average Bonchev–Trinajstić information content (AvgIpc) is 2.97. The van der Waals surface area contributed by atoms with E-state index < -0.39 is 4.92 Å². The number of anilines is 1. The van der Waals surface area contributed by atoms with Crippen molar-refractivity contribution in [3.63, 3.8) is 0 Å². The molecule has 0 atom stereocenters. The van der Waals surface area contributed by atoms with E-state index >= 15 is 0 Å². The molecule has 1 aliphatic carbocycles. The Labute approximate surface area is 91.6 Å². The van der Waals surface area contributed by atoms with E-state index in [2.05, 4.69) is 10.3 Å². The number of hydrogen-bond acceptors (Lipinski definition) is 4. The lowest BCUT2D eigenvalue weighted by Crippen LogP contribution is -2.05. The number of rotatable bonds is 4. The molecule has 0 aromatic carbocycles. The molecule has 0 unspecified atom stereocenters. The van der Waals surface area contributed by atoms with E-state index in [4.69, 9.17) is 11.6 Å². The summed E-state index contributed by atoms with van der Waals surface area (Å²) in [6.45, 7) is 0.810. The van der Waals surface area contributed by atoms with Gasteiger partial charge in [0.15, 0.2) is 0 Å². The van der Waals surface area contributed by atoms with Gasteiger partial charge < -0.3 is 5.32 Å². The van der Waals surface area contributed by atoms with Crippen LogP contribution in [0.2, 0.25) is 5.15 Å². The molecule has 15 heavy (non-hydrogen) atoms. The van der Waals surface area contributed by atoms with Crippen molar-refractivity contribution >= 4 is 23.1 Å². The van der Waals surface area contributed by atoms with Gasteiger partial charge in [0.05, 0.1) is 17.1 Å². The van der Waals surface area contributed by atoms with Crippen LogP contribution in [0.4, 0.5) is 11.5 Å². The molecule has 1 aromatic rings. The highest BCUT2D eigenvalue weighted by Crippen LogP contribution is 2.29. The fourth-order valence-corrected chi connectivity index (χ4v) is 1.45. The molecular formula is C9H10ClN3O2. The Hall–Kier alpha value is -1.36. The number of nitrogens with one attached hydrogen (secondary N) is 1. The number of nitrogens with zero attached hydrogens (tertiary/aromatic N) is 2. The Bertz CT molecular complexity index is 393. The summed E-state index contributed by atoms with van der Waals surface area (Å²) >= 11 is 5.67. The van der Waals surface area contributed by atoms with Gasteiger partial charge in [0, 0.05) is 6.54 Å². The Kier molecular flexibility index (Phi) is 2.73. The zero-order valence-electron chi connectivity index (χ0n) is 7.94. The van der Waals surface area contributed by atoms with Crippen molar-refractivity contribution in [1.82, 2.24) is 4.98 Å². The van der Waals surface area contributed by atoms with Crippen LogP contribution in [0.5, 0.6) is 0 Å². The van der Waals surface area contributed by atoms with E-state index in [0.29, 0.717) is 11.7 Å². The maximum atomic E-state index is 10.5. The molecule has 2 rings (SSSR count). The van der Waals surface area contributed by atoms with Crippen LogP contribution >= 0.6 is 11.6 Å². The third-order valence-electron chi connectivity index (χ3n) is 2.26. The lowest BCUT2D eigenvalue weighted by atomic mass is 10.3. The third-order valence-corrected chi connectivity index (χ3v) is 2.45. The Morgan fingerprint density at radius 1 is 1.60 bits per heavy atom. The summed E-state index contributed by atoms with van der Waals surface area (Å²) in [4.78, 5) is 14.0. The summed E-state index contributed by atoms with van der Waals surface area (Å²) in [7, 11) is 0. The van der Waals surface area contributed by atoms with Crippen molar-refractivity contribution in [2.45, 2.75) is 12.8 Å². The first-order valence-electron chi connectivity index (χ1n) is 4.71. The minimum atomic E-state index is -0.476. The molecule has 0 saturated heterocycles. The van der Waals surface area contributed by atoms with Crippen LogP contribution in [-0.4, -0.2) is 16.5 Å². The van der Waals surface area contributed by atoms with E-state index in [0.717, 1.165) is 6.54 Å². The van der Waals surface area contributed by atoms with Gasteiger partial charge in [-0.05, 0) is 18.8 Å². The summed E-state index contributed by atoms with van der Waals surface area (Å²) in [5.41, 5.74) is -0.0340. The van der Waals surface area contributed by atoms with Crippen molar-refractivity contribution in [3.05, 3.63) is 27.4 Å². The molecule has 6 heteroatoms. The zero-order chi connectivity index (χ0) is 10.8. The number of halogens is 1. The molecule has 0 amide bonds. The SMILES string of the molecule is O=[N+]([O-])c1cc(Cl)nc(NCC2CC2)c1. The number of pyridine rings is 1. The molecule has 80 valence electrons. The van der Waals surface area contributed by atoms with Gasteiger partial charge in [-0.15, -0.1) is 0 Å². The molecule has 1 heterocycles. The zero-order valence-corrected chi connectivity index (χ0v) is 8.70. The van der Waals surface area contributed by atoms with Crippen molar-refractivity contribution in [1.29, 1.82) is 0 Å². The van der Waals surface area contributed by atoms with Crippen molar-refractivity contribution < 1.29 is 4.92 Å². The largest absolute Gasteiger partial charge is 0.370 e. The lowest BCUT2D eigenvalue weighted by Gasteiger charge is -2.04. The minimum absolute atomic E-state index is 0.0340. The summed E-state index contributed by atoms with van der Waals surface area (Å²) in [6, 6.07) is 2.64. The second kappa shape index (κ2) is 4.02. The van der Waals surface area contributed by atoms with Gasteiger partial charge in [-0.1, -0.05) is 11.6 Å². The quantitative estimate of drug-likeness (QED) is 0.487. The van der Waals surface area contributed by atoms with Crippen LogP contribution in [0.3, 0.4) is 0 Å². The molecule has 0 radical (unpaired) electrons.